The Labute approximate surface area is 113 Å². The number of nitrogens with two attached hydrogens (primary N) is 1. The lowest BCUT2D eigenvalue weighted by Gasteiger charge is -2.23. The van der Waals surface area contributed by atoms with Crippen LogP contribution in [0.3, 0.4) is 0 Å². The van der Waals surface area contributed by atoms with Crippen molar-refractivity contribution < 1.29 is 19.4 Å². The highest BCUT2D eigenvalue weighted by molar-refractivity contribution is 5.86. The fourth-order valence-corrected chi connectivity index (χ4v) is 2.33. The number of carbonyl (C=O) groups excluding carboxylic acids is 1. The number of nitrogens with one attached hydrogen (secondary N) is 1. The third kappa shape index (κ3) is 5.16. The number of ether oxygens (including phenoxy) is 1. The molecule has 0 aromatic rings. The van der Waals surface area contributed by atoms with Gasteiger partial charge in [-0.2, -0.15) is 0 Å². The highest BCUT2D eigenvalue weighted by Crippen LogP contribution is 2.17. The zero-order chi connectivity index (χ0) is 14.5. The molecule has 0 radical (unpaired) electrons. The number of rotatable bonds is 7. The molecule has 1 saturated heterocycles. The van der Waals surface area contributed by atoms with Gasteiger partial charge in [-0.15, -0.1) is 0 Å². The van der Waals surface area contributed by atoms with Gasteiger partial charge in [-0.3, -0.25) is 9.59 Å². The first-order valence-electron chi connectivity index (χ1n) is 6.70. The van der Waals surface area contributed by atoms with Gasteiger partial charge in [0, 0.05) is 19.6 Å². The van der Waals surface area contributed by atoms with E-state index in [2.05, 4.69) is 5.32 Å². The predicted octanol–water partition coefficient (Wildman–Crippen LogP) is 0.357. The number of amides is 1. The lowest BCUT2D eigenvalue weighted by atomic mass is 9.93. The van der Waals surface area contributed by atoms with E-state index in [1.807, 2.05) is 13.8 Å². The van der Waals surface area contributed by atoms with Crippen molar-refractivity contribution in [2.24, 2.45) is 17.6 Å². The number of hydrogen-bond acceptors (Lipinski definition) is 4. The lowest BCUT2D eigenvalue weighted by Crippen LogP contribution is -2.55. The van der Waals surface area contributed by atoms with Crippen LogP contribution in [0.15, 0.2) is 0 Å². The van der Waals surface area contributed by atoms with Crippen LogP contribution < -0.4 is 11.1 Å². The Morgan fingerprint density at radius 2 is 2.16 bits per heavy atom. The Hall–Kier alpha value is -1.14. The maximum Gasteiger partial charge on any atom is 0.303 e. The fourth-order valence-electron chi connectivity index (χ4n) is 2.33. The van der Waals surface area contributed by atoms with Crippen LogP contribution in [0.1, 0.15) is 33.1 Å². The van der Waals surface area contributed by atoms with Gasteiger partial charge >= 0.3 is 5.97 Å². The fraction of sp³-hybridized carbons (Fsp3) is 0.846. The molecule has 1 amide bonds. The van der Waals surface area contributed by atoms with E-state index in [9.17, 15) is 9.59 Å². The molecule has 19 heavy (non-hydrogen) atoms. The molecule has 4 N–H and O–H groups in total. The zero-order valence-corrected chi connectivity index (χ0v) is 11.6. The monoisotopic (exact) mass is 272 g/mol. The molecule has 6 nitrogen and oxygen atoms in total. The second-order valence-corrected chi connectivity index (χ2v) is 5.76. The number of carboxylic acid groups (broad SMARTS) is 1. The summed E-state index contributed by atoms with van der Waals surface area (Å²) in [6.45, 7) is 5.14. The number of hydrogen-bond donors (Lipinski definition) is 3. The molecule has 110 valence electrons. The summed E-state index contributed by atoms with van der Waals surface area (Å²) in [6.07, 6.45) is 1.33. The molecule has 0 spiro atoms. The van der Waals surface area contributed by atoms with Gasteiger partial charge in [0.05, 0.1) is 6.61 Å². The molecule has 1 rings (SSSR count). The third-order valence-corrected chi connectivity index (χ3v) is 3.32. The minimum Gasteiger partial charge on any atom is -0.481 e. The molecule has 2 unspecified atom stereocenters. The topological polar surface area (TPSA) is 102 Å². The maximum absolute atomic E-state index is 12.0. The first kappa shape index (κ1) is 15.9. The molecule has 1 aliphatic rings. The molecular formula is C13H24N2O4. The Morgan fingerprint density at radius 1 is 1.47 bits per heavy atom. The smallest absolute Gasteiger partial charge is 0.303 e. The summed E-state index contributed by atoms with van der Waals surface area (Å²) in [6, 6.07) is 0. The molecule has 1 aliphatic heterocycles. The lowest BCUT2D eigenvalue weighted by molar-refractivity contribution is -0.138. The van der Waals surface area contributed by atoms with Gasteiger partial charge in [0.25, 0.3) is 0 Å². The van der Waals surface area contributed by atoms with Crippen LogP contribution in [0, 0.1) is 11.8 Å². The first-order chi connectivity index (χ1) is 8.83. The largest absolute Gasteiger partial charge is 0.481 e. The average molecular weight is 272 g/mol. The standard InChI is InChI=1S/C13H24N2O4/c1-9(2)5-10(6-11(16)17)7-15-12(18)13(14)3-4-19-8-13/h9-10H,3-8,14H2,1-2H3,(H,15,18)(H,16,17). The summed E-state index contributed by atoms with van der Waals surface area (Å²) in [7, 11) is 0. The van der Waals surface area contributed by atoms with Crippen LogP contribution in [0.2, 0.25) is 0 Å². The molecule has 0 aliphatic carbocycles. The van der Waals surface area contributed by atoms with E-state index in [1.165, 1.54) is 0 Å². The molecule has 0 aromatic heterocycles. The van der Waals surface area contributed by atoms with Crippen LogP contribution in [0.5, 0.6) is 0 Å². The minimum absolute atomic E-state index is 0.0620. The van der Waals surface area contributed by atoms with Gasteiger partial charge in [0.15, 0.2) is 0 Å². The van der Waals surface area contributed by atoms with E-state index < -0.39 is 11.5 Å². The molecule has 2 atom stereocenters. The maximum atomic E-state index is 12.0. The van der Waals surface area contributed by atoms with Gasteiger partial charge in [-0.05, 0) is 24.7 Å². The van der Waals surface area contributed by atoms with E-state index >= 15 is 0 Å². The van der Waals surface area contributed by atoms with Gasteiger partial charge in [-0.1, -0.05) is 13.8 Å². The summed E-state index contributed by atoms with van der Waals surface area (Å²) >= 11 is 0. The predicted molar refractivity (Wildman–Crippen MR) is 70.6 cm³/mol. The third-order valence-electron chi connectivity index (χ3n) is 3.32. The van der Waals surface area contributed by atoms with Crippen molar-refractivity contribution >= 4 is 11.9 Å². The van der Waals surface area contributed by atoms with Crippen molar-refractivity contribution in [3.8, 4) is 0 Å². The second-order valence-electron chi connectivity index (χ2n) is 5.76. The highest BCUT2D eigenvalue weighted by atomic mass is 16.5. The zero-order valence-electron chi connectivity index (χ0n) is 11.6. The Balaban J connectivity index is 2.46. The average Bonchev–Trinajstić information content (AvgIpc) is 2.72. The first-order valence-corrected chi connectivity index (χ1v) is 6.70. The number of carbonyl (C=O) groups is 2. The van der Waals surface area contributed by atoms with Crippen molar-refractivity contribution in [1.29, 1.82) is 0 Å². The molecule has 0 aromatic carbocycles. The van der Waals surface area contributed by atoms with Gasteiger partial charge in [0.1, 0.15) is 5.54 Å². The van der Waals surface area contributed by atoms with Gasteiger partial charge in [0.2, 0.25) is 5.91 Å². The summed E-state index contributed by atoms with van der Waals surface area (Å²) < 4.78 is 5.14. The van der Waals surface area contributed by atoms with Crippen LogP contribution >= 0.6 is 0 Å². The summed E-state index contributed by atoms with van der Waals surface area (Å²) in [5.74, 6) is -0.758. The van der Waals surface area contributed by atoms with E-state index in [4.69, 9.17) is 15.6 Å². The quantitative estimate of drug-likeness (QED) is 0.621. The van der Waals surface area contributed by atoms with E-state index in [1.54, 1.807) is 0 Å². The van der Waals surface area contributed by atoms with Crippen molar-refractivity contribution in [2.75, 3.05) is 19.8 Å². The van der Waals surface area contributed by atoms with Crippen LogP contribution in [0.25, 0.3) is 0 Å². The SMILES string of the molecule is CC(C)CC(CNC(=O)C1(N)CCOC1)CC(=O)O. The van der Waals surface area contributed by atoms with Crippen molar-refractivity contribution in [1.82, 2.24) is 5.32 Å². The highest BCUT2D eigenvalue weighted by Gasteiger charge is 2.38. The summed E-state index contributed by atoms with van der Waals surface area (Å²) in [5.41, 5.74) is 4.99. The van der Waals surface area contributed by atoms with Crippen molar-refractivity contribution in [3.05, 3.63) is 0 Å². The van der Waals surface area contributed by atoms with Crippen molar-refractivity contribution in [2.45, 2.75) is 38.6 Å². The second kappa shape index (κ2) is 6.86. The van der Waals surface area contributed by atoms with Gasteiger partial charge < -0.3 is 20.9 Å². The summed E-state index contributed by atoms with van der Waals surface area (Å²) in [5, 5.41) is 11.6. The van der Waals surface area contributed by atoms with Gasteiger partial charge in [-0.25, -0.2) is 0 Å². The van der Waals surface area contributed by atoms with E-state index in [0.29, 0.717) is 25.5 Å². The van der Waals surface area contributed by atoms with Crippen LogP contribution in [0.4, 0.5) is 0 Å². The molecule has 6 heteroatoms. The van der Waals surface area contributed by atoms with Crippen LogP contribution in [-0.4, -0.2) is 42.3 Å². The normalized spacial score (nSPS) is 24.4. The number of carboxylic acids is 1. The van der Waals surface area contributed by atoms with Crippen molar-refractivity contribution in [3.63, 3.8) is 0 Å². The number of aliphatic carboxylic acids is 1. The molecule has 1 fully saturated rings. The molecule has 0 saturated carbocycles. The Morgan fingerprint density at radius 3 is 2.63 bits per heavy atom. The minimum atomic E-state index is -0.953. The van der Waals surface area contributed by atoms with E-state index in [-0.39, 0.29) is 24.9 Å². The van der Waals surface area contributed by atoms with E-state index in [0.717, 1.165) is 6.42 Å². The molecule has 1 heterocycles. The Kier molecular flexibility index (Phi) is 5.75. The Bertz CT molecular complexity index is 325. The molecule has 0 bridgehead atoms. The van der Waals surface area contributed by atoms with Crippen LogP contribution in [-0.2, 0) is 14.3 Å². The molecular weight excluding hydrogens is 248 g/mol. The summed E-state index contributed by atoms with van der Waals surface area (Å²) in [4.78, 5) is 22.8.